The van der Waals surface area contributed by atoms with Crippen LogP contribution in [0.25, 0.3) is 0 Å². The van der Waals surface area contributed by atoms with Crippen LogP contribution in [-0.4, -0.2) is 171 Å². The van der Waals surface area contributed by atoms with Crippen molar-refractivity contribution in [1.82, 2.24) is 42.1 Å². The number of nitrogens with two attached hydrogens (primary N) is 2. The van der Waals surface area contributed by atoms with Crippen LogP contribution in [0.3, 0.4) is 0 Å². The number of likely N-dealkylation sites (tertiary alicyclic amines) is 1. The summed E-state index contributed by atoms with van der Waals surface area (Å²) in [5, 5.41) is 48.2. The molecule has 0 spiro atoms. The number of primary amides is 1. The van der Waals surface area contributed by atoms with Crippen molar-refractivity contribution in [3.63, 3.8) is 0 Å². The van der Waals surface area contributed by atoms with E-state index in [1.54, 1.807) is 47.8 Å². The molecule has 12 atom stereocenters. The van der Waals surface area contributed by atoms with Gasteiger partial charge < -0.3 is 73.7 Å². The molecule has 1 aliphatic heterocycles. The van der Waals surface area contributed by atoms with E-state index < -0.39 is 144 Å². The van der Waals surface area contributed by atoms with E-state index >= 15 is 0 Å². The van der Waals surface area contributed by atoms with Gasteiger partial charge in [-0.25, -0.2) is 0 Å². The number of aliphatic hydroxyl groups excluding tert-OH is 3. The van der Waals surface area contributed by atoms with Gasteiger partial charge in [0, 0.05) is 13.0 Å². The average molecular weight is 959 g/mol. The van der Waals surface area contributed by atoms with Crippen molar-refractivity contribution in [1.29, 1.82) is 0 Å². The molecule has 0 unspecified atom stereocenters. The van der Waals surface area contributed by atoms with Gasteiger partial charge in [0.05, 0.1) is 24.9 Å². The van der Waals surface area contributed by atoms with Crippen LogP contribution in [0.4, 0.5) is 0 Å². The number of nitrogens with zero attached hydrogens (tertiary/aromatic N) is 1. The summed E-state index contributed by atoms with van der Waals surface area (Å²) in [4.78, 5) is 132. The Labute approximate surface area is 390 Å². The number of hydrogen-bond donors (Lipinski definition) is 12. The number of amides is 9. The van der Waals surface area contributed by atoms with Crippen LogP contribution >= 0.6 is 11.8 Å². The zero-order valence-corrected chi connectivity index (χ0v) is 40.3. The Morgan fingerprint density at radius 3 is 1.67 bits per heavy atom. The highest BCUT2D eigenvalue weighted by Crippen LogP contribution is 2.20. The number of hydrogen-bond acceptors (Lipinski definition) is 15. The molecule has 0 saturated carbocycles. The van der Waals surface area contributed by atoms with Gasteiger partial charge >= 0.3 is 0 Å². The molecule has 0 aliphatic carbocycles. The van der Waals surface area contributed by atoms with Crippen LogP contribution in [-0.2, 0) is 47.9 Å². The number of nitrogens with one attached hydrogen (secondary N) is 7. The van der Waals surface area contributed by atoms with Gasteiger partial charge in [-0.05, 0) is 69.3 Å². The first-order chi connectivity index (χ1) is 30.9. The van der Waals surface area contributed by atoms with E-state index in [1.165, 1.54) is 30.5 Å². The van der Waals surface area contributed by atoms with Crippen molar-refractivity contribution in [2.45, 2.75) is 160 Å². The molecule has 9 amide bonds. The molecule has 0 radical (unpaired) electrons. The second kappa shape index (κ2) is 29.0. The SMILES string of the molecule is CC[C@H](C)[C@H](NC(=O)[C@@H]1CCCN1C(=O)[C@@H](N)CCC(N)=O)C(=O)N[C@@H](CO)C(=O)N[C@H](C(=O)N[C@H](C(=O)N[C@@H](CCSC)C(=O)N[C@H](C(=O)N[C@H](C=O)[C@@H](C)O)C(C)C)[C@@H](C)O)C(C)C. The first kappa shape index (κ1) is 59.1. The molecule has 1 heterocycles. The lowest BCUT2D eigenvalue weighted by Gasteiger charge is -2.31. The third kappa shape index (κ3) is 18.4. The van der Waals surface area contributed by atoms with Crippen molar-refractivity contribution >= 4 is 71.2 Å². The normalized spacial score (nSPS) is 18.7. The Morgan fingerprint density at radius 1 is 0.697 bits per heavy atom. The lowest BCUT2D eigenvalue weighted by Crippen LogP contribution is -2.63. The summed E-state index contributed by atoms with van der Waals surface area (Å²) in [5.74, 6) is -8.45. The summed E-state index contributed by atoms with van der Waals surface area (Å²) in [5.41, 5.74) is 11.2. The Morgan fingerprint density at radius 2 is 1.20 bits per heavy atom. The number of carbonyl (C=O) groups excluding carboxylic acids is 10. The molecular weight excluding hydrogens is 885 g/mol. The van der Waals surface area contributed by atoms with Gasteiger partial charge in [0.2, 0.25) is 53.2 Å². The van der Waals surface area contributed by atoms with Gasteiger partial charge in [-0.3, -0.25) is 43.2 Å². The predicted octanol–water partition coefficient (Wildman–Crippen LogP) is -3.97. The summed E-state index contributed by atoms with van der Waals surface area (Å²) in [6, 6.07) is -11.7. The largest absolute Gasteiger partial charge is 0.394 e. The molecule has 1 fully saturated rings. The van der Waals surface area contributed by atoms with E-state index in [1.807, 2.05) is 0 Å². The van der Waals surface area contributed by atoms with Crippen molar-refractivity contribution in [3.05, 3.63) is 0 Å². The smallest absolute Gasteiger partial charge is 0.245 e. The van der Waals surface area contributed by atoms with Crippen molar-refractivity contribution in [2.75, 3.05) is 25.2 Å². The fourth-order valence-electron chi connectivity index (χ4n) is 6.86. The third-order valence-electron chi connectivity index (χ3n) is 11.2. The van der Waals surface area contributed by atoms with E-state index in [0.717, 1.165) is 0 Å². The maximum Gasteiger partial charge on any atom is 0.245 e. The number of aldehydes is 1. The van der Waals surface area contributed by atoms with E-state index in [-0.39, 0.29) is 32.2 Å². The molecule has 1 saturated heterocycles. The molecule has 0 aromatic heterocycles. The minimum atomic E-state index is -1.67. The quantitative estimate of drug-likeness (QED) is 0.0318. The van der Waals surface area contributed by atoms with Crippen LogP contribution in [0.2, 0.25) is 0 Å². The van der Waals surface area contributed by atoms with Gasteiger partial charge in [0.25, 0.3) is 0 Å². The maximum atomic E-state index is 13.7. The highest BCUT2D eigenvalue weighted by Gasteiger charge is 2.40. The molecular formula is C42H74N10O13S. The van der Waals surface area contributed by atoms with Crippen molar-refractivity contribution in [2.24, 2.45) is 29.2 Å². The molecule has 1 aliphatic rings. The van der Waals surface area contributed by atoms with Crippen LogP contribution < -0.4 is 48.7 Å². The van der Waals surface area contributed by atoms with Crippen LogP contribution in [0.1, 0.15) is 93.9 Å². The number of thioether (sulfide) groups is 1. The Balaban J connectivity index is 3.20. The lowest BCUT2D eigenvalue weighted by molar-refractivity contribution is -0.141. The van der Waals surface area contributed by atoms with Crippen LogP contribution in [0.15, 0.2) is 0 Å². The Bertz CT molecular complexity index is 1690. The van der Waals surface area contributed by atoms with Gasteiger partial charge in [0.1, 0.15) is 54.6 Å². The average Bonchev–Trinajstić information content (AvgIpc) is 3.76. The highest BCUT2D eigenvalue weighted by molar-refractivity contribution is 7.98. The minimum Gasteiger partial charge on any atom is -0.394 e. The topological polar surface area (TPSA) is 371 Å². The number of aliphatic hydroxyl groups is 3. The summed E-state index contributed by atoms with van der Waals surface area (Å²) in [6.07, 6.45) is 0.417. The van der Waals surface area contributed by atoms with Crippen LogP contribution in [0.5, 0.6) is 0 Å². The van der Waals surface area contributed by atoms with Crippen molar-refractivity contribution in [3.8, 4) is 0 Å². The number of rotatable bonds is 29. The summed E-state index contributed by atoms with van der Waals surface area (Å²) in [6.45, 7) is 11.6. The van der Waals surface area contributed by atoms with E-state index in [4.69, 9.17) is 11.5 Å². The fourth-order valence-corrected chi connectivity index (χ4v) is 7.33. The van der Waals surface area contributed by atoms with Gasteiger partial charge in [0.15, 0.2) is 0 Å². The summed E-state index contributed by atoms with van der Waals surface area (Å²) < 4.78 is 0. The summed E-state index contributed by atoms with van der Waals surface area (Å²) >= 11 is 1.35. The zero-order valence-electron chi connectivity index (χ0n) is 39.5. The molecule has 0 aromatic rings. The summed E-state index contributed by atoms with van der Waals surface area (Å²) in [7, 11) is 0. The minimum absolute atomic E-state index is 0.0151. The molecule has 24 heteroatoms. The van der Waals surface area contributed by atoms with Gasteiger partial charge in [-0.15, -0.1) is 0 Å². The first-order valence-electron chi connectivity index (χ1n) is 22.2. The van der Waals surface area contributed by atoms with Crippen LogP contribution in [0, 0.1) is 17.8 Å². The third-order valence-corrected chi connectivity index (χ3v) is 11.9. The molecule has 0 bridgehead atoms. The van der Waals surface area contributed by atoms with E-state index in [2.05, 4.69) is 37.2 Å². The second-order valence-electron chi connectivity index (χ2n) is 17.4. The second-order valence-corrected chi connectivity index (χ2v) is 18.3. The van der Waals surface area contributed by atoms with Crippen molar-refractivity contribution < 1.29 is 63.3 Å². The molecule has 66 heavy (non-hydrogen) atoms. The molecule has 1 rings (SSSR count). The van der Waals surface area contributed by atoms with Gasteiger partial charge in [-0.1, -0.05) is 48.0 Å². The van der Waals surface area contributed by atoms with E-state index in [9.17, 15) is 63.3 Å². The maximum absolute atomic E-state index is 13.7. The first-order valence-corrected chi connectivity index (χ1v) is 23.6. The Kier molecular flexibility index (Phi) is 26.0. The molecule has 0 aromatic carbocycles. The molecule has 14 N–H and O–H groups in total. The zero-order chi connectivity index (χ0) is 50.6. The standard InChI is InChI=1S/C42H74N10O13S/c1-10-22(6)33(50-37(60)29-12-11-16-52(29)42(65)25(43)13-14-30(44)57)40(63)47-28(19-54)36(59)49-32(21(4)5)39(62)51-34(24(8)56)41(64)45-26(15-17-66-9)35(58)48-31(20(2)3)38(61)46-27(18-53)23(7)55/h18,20-29,31-34,54-56H,10-17,19,43H2,1-9H3,(H2,44,57)(H,45,64)(H,46,61)(H,47,63)(H,48,58)(H,49,59)(H,50,60)(H,51,62)/t22-,23+,24+,25-,26-,27+,28-,29-,31-,32-,33-,34-/m0/s1. The lowest BCUT2D eigenvalue weighted by atomic mass is 9.97. The van der Waals surface area contributed by atoms with E-state index in [0.29, 0.717) is 24.9 Å². The highest BCUT2D eigenvalue weighted by atomic mass is 32.2. The van der Waals surface area contributed by atoms with Gasteiger partial charge in [-0.2, -0.15) is 11.8 Å². The predicted molar refractivity (Wildman–Crippen MR) is 243 cm³/mol. The Hall–Kier alpha value is -4.91. The molecule has 23 nitrogen and oxygen atoms in total. The number of carbonyl (C=O) groups is 10. The fraction of sp³-hybridized carbons (Fsp3) is 0.762. The molecule has 376 valence electrons. The monoisotopic (exact) mass is 959 g/mol.